The Labute approximate surface area is 121 Å². The summed E-state index contributed by atoms with van der Waals surface area (Å²) < 4.78 is 28.3. The molecule has 4 nitrogen and oxygen atoms in total. The van der Waals surface area contributed by atoms with Gasteiger partial charge in [-0.05, 0) is 31.4 Å². The van der Waals surface area contributed by atoms with Gasteiger partial charge < -0.3 is 5.32 Å². The molecule has 2 fully saturated rings. The Morgan fingerprint density at radius 3 is 2.52 bits per heavy atom. The summed E-state index contributed by atoms with van der Waals surface area (Å²) in [4.78, 5) is 25.6. The maximum absolute atomic E-state index is 14.3. The Bertz CT molecular complexity index is 624. The number of hydrogen-bond donors (Lipinski definition) is 1. The number of nitrogens with one attached hydrogen (secondary N) is 1. The van der Waals surface area contributed by atoms with E-state index in [1.165, 1.54) is 13.0 Å². The maximum Gasteiger partial charge on any atom is 0.253 e. The van der Waals surface area contributed by atoms with E-state index in [0.29, 0.717) is 12.8 Å². The molecule has 1 aromatic carbocycles. The molecule has 1 aliphatic carbocycles. The summed E-state index contributed by atoms with van der Waals surface area (Å²) >= 11 is 0. The number of carbonyl (C=O) groups is 2. The molecule has 1 spiro atoms. The molecular formula is C15H16F2N2O2. The van der Waals surface area contributed by atoms with Crippen LogP contribution in [0, 0.1) is 18.6 Å². The zero-order chi connectivity index (χ0) is 15.2. The average Bonchev–Trinajstić information content (AvgIpc) is 2.89. The molecule has 2 amide bonds. The Morgan fingerprint density at radius 1 is 1.19 bits per heavy atom. The molecule has 1 heterocycles. The summed E-state index contributed by atoms with van der Waals surface area (Å²) in [5, 5.41) is 2.72. The highest BCUT2D eigenvalue weighted by atomic mass is 19.1. The minimum absolute atomic E-state index is 0.241. The van der Waals surface area contributed by atoms with Crippen molar-refractivity contribution in [3.8, 4) is 0 Å². The number of halogens is 2. The van der Waals surface area contributed by atoms with Crippen LogP contribution in [0.15, 0.2) is 12.1 Å². The van der Waals surface area contributed by atoms with Gasteiger partial charge >= 0.3 is 0 Å². The van der Waals surface area contributed by atoms with Crippen LogP contribution in [0.2, 0.25) is 0 Å². The molecule has 6 heteroatoms. The highest BCUT2D eigenvalue weighted by Gasteiger charge is 2.49. The lowest BCUT2D eigenvalue weighted by Crippen LogP contribution is -2.66. The van der Waals surface area contributed by atoms with Gasteiger partial charge in [-0.3, -0.25) is 14.5 Å². The average molecular weight is 294 g/mol. The van der Waals surface area contributed by atoms with E-state index in [4.69, 9.17) is 0 Å². The standard InChI is InChI=1S/C15H16F2N2O2/c1-9-4-5-10(16)13(12(9)17)19-8-11(20)18-15(14(19)21)6-2-3-7-15/h4-5H,2-3,6-8H2,1H3,(H,18,20). The van der Waals surface area contributed by atoms with Crippen molar-refractivity contribution in [1.29, 1.82) is 0 Å². The lowest BCUT2D eigenvalue weighted by Gasteiger charge is -2.39. The van der Waals surface area contributed by atoms with Gasteiger partial charge in [0.25, 0.3) is 5.91 Å². The third-order valence-electron chi connectivity index (χ3n) is 4.32. The van der Waals surface area contributed by atoms with E-state index in [9.17, 15) is 18.4 Å². The molecule has 1 saturated carbocycles. The lowest BCUT2D eigenvalue weighted by molar-refractivity contribution is -0.135. The van der Waals surface area contributed by atoms with E-state index >= 15 is 0 Å². The van der Waals surface area contributed by atoms with Crippen molar-refractivity contribution in [2.24, 2.45) is 0 Å². The third kappa shape index (κ3) is 2.09. The molecular weight excluding hydrogens is 278 g/mol. The van der Waals surface area contributed by atoms with Gasteiger partial charge in [0.1, 0.15) is 23.6 Å². The van der Waals surface area contributed by atoms with Crippen molar-refractivity contribution in [2.75, 3.05) is 11.4 Å². The summed E-state index contributed by atoms with van der Waals surface area (Å²) in [6.45, 7) is 1.15. The first-order valence-electron chi connectivity index (χ1n) is 7.02. The number of aryl methyl sites for hydroxylation is 1. The minimum atomic E-state index is -0.988. The SMILES string of the molecule is Cc1ccc(F)c(N2CC(=O)NC3(CCCC3)C2=O)c1F. The van der Waals surface area contributed by atoms with Crippen molar-refractivity contribution in [2.45, 2.75) is 38.1 Å². The van der Waals surface area contributed by atoms with Gasteiger partial charge in [-0.2, -0.15) is 0 Å². The van der Waals surface area contributed by atoms with Gasteiger partial charge in [0.2, 0.25) is 5.91 Å². The summed E-state index contributed by atoms with van der Waals surface area (Å²) in [7, 11) is 0. The number of anilines is 1. The van der Waals surface area contributed by atoms with Crippen LogP contribution in [0.3, 0.4) is 0 Å². The van der Waals surface area contributed by atoms with Crippen molar-refractivity contribution in [3.05, 3.63) is 29.3 Å². The third-order valence-corrected chi connectivity index (χ3v) is 4.32. The van der Waals surface area contributed by atoms with Gasteiger partial charge in [0.15, 0.2) is 5.82 Å². The summed E-state index contributed by atoms with van der Waals surface area (Å²) in [6, 6.07) is 2.43. The molecule has 1 N–H and O–H groups in total. The predicted molar refractivity (Wildman–Crippen MR) is 72.8 cm³/mol. The second-order valence-electron chi connectivity index (χ2n) is 5.76. The van der Waals surface area contributed by atoms with Crippen LogP contribution in [0.25, 0.3) is 0 Å². The smallest absolute Gasteiger partial charge is 0.253 e. The van der Waals surface area contributed by atoms with Crippen LogP contribution in [0.4, 0.5) is 14.5 Å². The summed E-state index contributed by atoms with van der Waals surface area (Å²) in [5.41, 5.74) is -1.16. The number of rotatable bonds is 1. The van der Waals surface area contributed by atoms with Gasteiger partial charge in [-0.25, -0.2) is 8.78 Å². The molecule has 0 unspecified atom stereocenters. The van der Waals surface area contributed by atoms with E-state index in [-0.39, 0.29) is 18.0 Å². The van der Waals surface area contributed by atoms with Gasteiger partial charge in [0, 0.05) is 0 Å². The molecule has 1 saturated heterocycles. The molecule has 1 aliphatic heterocycles. The second kappa shape index (κ2) is 4.79. The van der Waals surface area contributed by atoms with Gasteiger partial charge in [-0.1, -0.05) is 18.9 Å². The fourth-order valence-corrected chi connectivity index (χ4v) is 3.22. The molecule has 0 bridgehead atoms. The van der Waals surface area contributed by atoms with Crippen LogP contribution in [-0.2, 0) is 9.59 Å². The van der Waals surface area contributed by atoms with Crippen molar-refractivity contribution in [3.63, 3.8) is 0 Å². The first kappa shape index (κ1) is 14.0. The zero-order valence-electron chi connectivity index (χ0n) is 11.7. The number of nitrogens with zero attached hydrogens (tertiary/aromatic N) is 1. The normalized spacial score (nSPS) is 21.0. The van der Waals surface area contributed by atoms with E-state index in [1.54, 1.807) is 0 Å². The monoisotopic (exact) mass is 294 g/mol. The Morgan fingerprint density at radius 2 is 1.86 bits per heavy atom. The molecule has 21 heavy (non-hydrogen) atoms. The number of hydrogen-bond acceptors (Lipinski definition) is 2. The van der Waals surface area contributed by atoms with Crippen molar-refractivity contribution >= 4 is 17.5 Å². The lowest BCUT2D eigenvalue weighted by atomic mass is 9.92. The Kier molecular flexibility index (Phi) is 3.19. The van der Waals surface area contributed by atoms with Crippen molar-refractivity contribution in [1.82, 2.24) is 5.32 Å². The maximum atomic E-state index is 14.3. The van der Waals surface area contributed by atoms with Crippen LogP contribution in [-0.4, -0.2) is 23.9 Å². The summed E-state index contributed by atoms with van der Waals surface area (Å²) in [5.74, 6) is -2.40. The van der Waals surface area contributed by atoms with E-state index in [2.05, 4.69) is 5.32 Å². The second-order valence-corrected chi connectivity index (χ2v) is 5.76. The molecule has 2 aliphatic rings. The quantitative estimate of drug-likeness (QED) is 0.862. The van der Waals surface area contributed by atoms with E-state index in [0.717, 1.165) is 23.8 Å². The van der Waals surface area contributed by atoms with Crippen LogP contribution >= 0.6 is 0 Å². The Balaban J connectivity index is 2.07. The first-order chi connectivity index (χ1) is 9.94. The molecule has 0 radical (unpaired) electrons. The van der Waals surface area contributed by atoms with Crippen LogP contribution < -0.4 is 10.2 Å². The van der Waals surface area contributed by atoms with E-state index < -0.39 is 28.8 Å². The topological polar surface area (TPSA) is 49.4 Å². The number of benzene rings is 1. The fourth-order valence-electron chi connectivity index (χ4n) is 3.22. The largest absolute Gasteiger partial charge is 0.340 e. The number of amides is 2. The minimum Gasteiger partial charge on any atom is -0.340 e. The summed E-state index contributed by atoms with van der Waals surface area (Å²) in [6.07, 6.45) is 2.67. The van der Waals surface area contributed by atoms with E-state index in [1.807, 2.05) is 0 Å². The highest BCUT2D eigenvalue weighted by molar-refractivity contribution is 6.09. The van der Waals surface area contributed by atoms with Crippen LogP contribution in [0.1, 0.15) is 31.2 Å². The number of carbonyl (C=O) groups excluding carboxylic acids is 2. The molecule has 0 aromatic heterocycles. The predicted octanol–water partition coefficient (Wildman–Crippen LogP) is 2.05. The fraction of sp³-hybridized carbons (Fsp3) is 0.467. The van der Waals surface area contributed by atoms with Crippen molar-refractivity contribution < 1.29 is 18.4 Å². The van der Waals surface area contributed by atoms with Crippen LogP contribution in [0.5, 0.6) is 0 Å². The van der Waals surface area contributed by atoms with Gasteiger partial charge in [-0.15, -0.1) is 0 Å². The molecule has 0 atom stereocenters. The zero-order valence-corrected chi connectivity index (χ0v) is 11.7. The Hall–Kier alpha value is -1.98. The molecule has 112 valence electrons. The molecule has 1 aromatic rings. The number of piperazine rings is 1. The van der Waals surface area contributed by atoms with Gasteiger partial charge in [0.05, 0.1) is 0 Å². The highest BCUT2D eigenvalue weighted by Crippen LogP contribution is 2.36. The molecule has 3 rings (SSSR count). The first-order valence-corrected chi connectivity index (χ1v) is 7.02.